The van der Waals surface area contributed by atoms with Gasteiger partial charge in [-0.15, -0.1) is 35.3 Å². The number of methoxy groups -OCH3 is 3. The third-order valence-electron chi connectivity index (χ3n) is 3.99. The fourth-order valence-corrected chi connectivity index (χ4v) is 3.42. The van der Waals surface area contributed by atoms with Crippen molar-refractivity contribution in [2.24, 2.45) is 4.99 Å². The summed E-state index contributed by atoms with van der Waals surface area (Å²) in [5, 5.41) is 7.75. The third-order valence-corrected chi connectivity index (χ3v) is 5.19. The Morgan fingerprint density at radius 1 is 1.11 bits per heavy atom. The van der Waals surface area contributed by atoms with Gasteiger partial charge in [0.2, 0.25) is 5.75 Å². The Hall–Kier alpha value is -1.75. The molecule has 28 heavy (non-hydrogen) atoms. The second-order valence-corrected chi connectivity index (χ2v) is 6.91. The highest BCUT2D eigenvalue weighted by Crippen LogP contribution is 2.38. The lowest BCUT2D eigenvalue weighted by Crippen LogP contribution is -2.37. The Balaban J connectivity index is 0.00000392. The van der Waals surface area contributed by atoms with Gasteiger partial charge in [0, 0.05) is 37.6 Å². The fraction of sp³-hybridized carbons (Fsp3) is 0.474. The molecule has 9 heteroatoms. The molecule has 0 radical (unpaired) electrons. The monoisotopic (exact) mass is 520 g/mol. The molecule has 0 bridgehead atoms. The molecule has 0 amide bonds. The lowest BCUT2D eigenvalue weighted by molar-refractivity contribution is 0.323. The van der Waals surface area contributed by atoms with Crippen LogP contribution in [0.25, 0.3) is 0 Å². The van der Waals surface area contributed by atoms with Crippen molar-refractivity contribution < 1.29 is 14.2 Å². The molecule has 156 valence electrons. The number of aryl methyl sites for hydroxylation is 1. The lowest BCUT2D eigenvalue weighted by atomic mass is 10.2. The molecule has 7 nitrogen and oxygen atoms in total. The molecule has 2 rings (SSSR count). The summed E-state index contributed by atoms with van der Waals surface area (Å²) in [5.41, 5.74) is 1.000. The first-order valence-electron chi connectivity index (χ1n) is 8.82. The van der Waals surface area contributed by atoms with E-state index >= 15 is 0 Å². The van der Waals surface area contributed by atoms with E-state index in [1.165, 1.54) is 4.88 Å². The van der Waals surface area contributed by atoms with Crippen LogP contribution in [0.1, 0.15) is 22.4 Å². The number of thiazole rings is 1. The van der Waals surface area contributed by atoms with Gasteiger partial charge in [-0.1, -0.05) is 6.92 Å². The number of hydrogen-bond donors (Lipinski definition) is 2. The molecule has 0 atom stereocenters. The van der Waals surface area contributed by atoms with Crippen molar-refractivity contribution in [1.82, 2.24) is 15.6 Å². The van der Waals surface area contributed by atoms with Crippen molar-refractivity contribution in [3.8, 4) is 17.2 Å². The van der Waals surface area contributed by atoms with Gasteiger partial charge in [0.1, 0.15) is 0 Å². The Morgan fingerprint density at radius 3 is 2.29 bits per heavy atom. The van der Waals surface area contributed by atoms with E-state index in [0.29, 0.717) is 23.8 Å². The number of halogens is 1. The molecule has 1 aromatic heterocycles. The predicted molar refractivity (Wildman–Crippen MR) is 125 cm³/mol. The lowest BCUT2D eigenvalue weighted by Gasteiger charge is -2.15. The molecule has 0 aliphatic carbocycles. The zero-order chi connectivity index (χ0) is 19.6. The fourth-order valence-electron chi connectivity index (χ4n) is 2.56. The number of aliphatic imine (C=N–C) groups is 1. The maximum absolute atomic E-state index is 5.39. The topological polar surface area (TPSA) is 77.0 Å². The average molecular weight is 520 g/mol. The molecule has 0 aliphatic heterocycles. The Morgan fingerprint density at radius 2 is 1.79 bits per heavy atom. The Bertz CT molecular complexity index is 742. The zero-order valence-electron chi connectivity index (χ0n) is 17.0. The molecule has 0 unspecified atom stereocenters. The van der Waals surface area contributed by atoms with E-state index in [2.05, 4.69) is 27.5 Å². The highest BCUT2D eigenvalue weighted by molar-refractivity contribution is 14.0. The number of benzene rings is 1. The van der Waals surface area contributed by atoms with Gasteiger partial charge in [0.25, 0.3) is 0 Å². The standard InChI is InChI=1S/C19H28N4O3S.HI/c1-6-14-12-22-17(27-14)7-8-21-19(20-2)23-11-13-9-15(24-3)18(26-5)16(10-13)25-4;/h9-10,12H,6-8,11H2,1-5H3,(H2,20,21,23);1H. The minimum Gasteiger partial charge on any atom is -0.493 e. The SMILES string of the molecule is CCc1cnc(CCNC(=NC)NCc2cc(OC)c(OC)c(OC)c2)s1.I. The summed E-state index contributed by atoms with van der Waals surface area (Å²) in [6, 6.07) is 3.84. The minimum atomic E-state index is 0. The van der Waals surface area contributed by atoms with Gasteiger partial charge in [0.05, 0.1) is 26.3 Å². The molecule has 0 saturated carbocycles. The van der Waals surface area contributed by atoms with Crippen LogP contribution >= 0.6 is 35.3 Å². The highest BCUT2D eigenvalue weighted by atomic mass is 127. The summed E-state index contributed by atoms with van der Waals surface area (Å²) in [4.78, 5) is 10.0. The van der Waals surface area contributed by atoms with E-state index in [1.807, 2.05) is 18.3 Å². The van der Waals surface area contributed by atoms with Gasteiger partial charge in [-0.05, 0) is 24.1 Å². The molecular weight excluding hydrogens is 491 g/mol. The summed E-state index contributed by atoms with van der Waals surface area (Å²) in [6.45, 7) is 3.49. The molecule has 0 spiro atoms. The summed E-state index contributed by atoms with van der Waals surface area (Å²) in [5.74, 6) is 2.58. The van der Waals surface area contributed by atoms with E-state index in [0.717, 1.165) is 35.9 Å². The number of guanidine groups is 1. The first-order chi connectivity index (χ1) is 13.1. The number of ether oxygens (including phenoxy) is 3. The van der Waals surface area contributed by atoms with Crippen molar-refractivity contribution in [1.29, 1.82) is 0 Å². The second-order valence-electron chi connectivity index (χ2n) is 5.71. The van der Waals surface area contributed by atoms with Gasteiger partial charge >= 0.3 is 0 Å². The molecule has 0 saturated heterocycles. The predicted octanol–water partition coefficient (Wildman–Crippen LogP) is 3.26. The van der Waals surface area contributed by atoms with Crippen LogP contribution in [0.4, 0.5) is 0 Å². The molecule has 0 fully saturated rings. The molecule has 1 aromatic carbocycles. The summed E-state index contributed by atoms with van der Waals surface area (Å²) in [7, 11) is 6.56. The van der Waals surface area contributed by atoms with Crippen molar-refractivity contribution >= 4 is 41.3 Å². The number of rotatable bonds is 9. The largest absolute Gasteiger partial charge is 0.493 e. The second kappa shape index (κ2) is 12.7. The molecule has 1 heterocycles. The van der Waals surface area contributed by atoms with Gasteiger partial charge in [-0.3, -0.25) is 4.99 Å². The van der Waals surface area contributed by atoms with E-state index in [4.69, 9.17) is 14.2 Å². The van der Waals surface area contributed by atoms with Gasteiger partial charge in [-0.25, -0.2) is 4.98 Å². The van der Waals surface area contributed by atoms with E-state index < -0.39 is 0 Å². The van der Waals surface area contributed by atoms with Crippen LogP contribution in [0.15, 0.2) is 23.3 Å². The van der Waals surface area contributed by atoms with Gasteiger partial charge in [0.15, 0.2) is 17.5 Å². The van der Waals surface area contributed by atoms with Crippen LogP contribution in [-0.2, 0) is 19.4 Å². The third kappa shape index (κ3) is 6.69. The first-order valence-corrected chi connectivity index (χ1v) is 9.63. The Labute approximate surface area is 187 Å². The van der Waals surface area contributed by atoms with Crippen molar-refractivity contribution in [2.45, 2.75) is 26.3 Å². The molecular formula is C19H29IN4O3S. The first kappa shape index (κ1) is 24.3. The van der Waals surface area contributed by atoms with Crippen molar-refractivity contribution in [3.05, 3.63) is 33.8 Å². The molecule has 0 aliphatic rings. The van der Waals surface area contributed by atoms with Crippen LogP contribution in [0, 0.1) is 0 Å². The summed E-state index contributed by atoms with van der Waals surface area (Å²) < 4.78 is 16.1. The maximum Gasteiger partial charge on any atom is 0.203 e. The van der Waals surface area contributed by atoms with E-state index in [-0.39, 0.29) is 24.0 Å². The summed E-state index contributed by atoms with van der Waals surface area (Å²) in [6.07, 6.45) is 3.86. The van der Waals surface area contributed by atoms with Crippen LogP contribution in [0.3, 0.4) is 0 Å². The summed E-state index contributed by atoms with van der Waals surface area (Å²) >= 11 is 1.76. The molecule has 2 aromatic rings. The minimum absolute atomic E-state index is 0. The van der Waals surface area contributed by atoms with Crippen LogP contribution in [0.2, 0.25) is 0 Å². The Kier molecular flexibility index (Phi) is 11.0. The van der Waals surface area contributed by atoms with E-state index in [9.17, 15) is 0 Å². The molecule has 2 N–H and O–H groups in total. The van der Waals surface area contributed by atoms with Crippen molar-refractivity contribution in [2.75, 3.05) is 34.9 Å². The number of nitrogens with one attached hydrogen (secondary N) is 2. The maximum atomic E-state index is 5.39. The average Bonchev–Trinajstić information content (AvgIpc) is 3.17. The van der Waals surface area contributed by atoms with Crippen LogP contribution in [0.5, 0.6) is 17.2 Å². The van der Waals surface area contributed by atoms with Crippen molar-refractivity contribution in [3.63, 3.8) is 0 Å². The number of hydrogen-bond acceptors (Lipinski definition) is 6. The quantitative estimate of drug-likeness (QED) is 0.301. The smallest absolute Gasteiger partial charge is 0.203 e. The normalized spacial score (nSPS) is 10.8. The van der Waals surface area contributed by atoms with Gasteiger partial charge in [-0.2, -0.15) is 0 Å². The van der Waals surface area contributed by atoms with Crippen LogP contribution in [-0.4, -0.2) is 45.9 Å². The van der Waals surface area contributed by atoms with Gasteiger partial charge < -0.3 is 24.8 Å². The number of nitrogens with zero attached hydrogens (tertiary/aromatic N) is 2. The highest BCUT2D eigenvalue weighted by Gasteiger charge is 2.13. The number of aromatic nitrogens is 1. The zero-order valence-corrected chi connectivity index (χ0v) is 20.1. The van der Waals surface area contributed by atoms with Crippen LogP contribution < -0.4 is 24.8 Å². The van der Waals surface area contributed by atoms with E-state index in [1.54, 1.807) is 39.7 Å².